The van der Waals surface area contributed by atoms with Crippen molar-refractivity contribution in [3.63, 3.8) is 0 Å². The van der Waals surface area contributed by atoms with Crippen molar-refractivity contribution in [1.29, 1.82) is 0 Å². The minimum atomic E-state index is -1.39. The minimum Gasteiger partial charge on any atom is -0.320 e. The molecule has 0 aliphatic carbocycles. The minimum absolute atomic E-state index is 0.0406. The van der Waals surface area contributed by atoms with Crippen LogP contribution < -0.4 is 5.32 Å². The molecule has 1 aromatic heterocycles. The fraction of sp³-hybridized carbons (Fsp3) is 0.0588. The standard InChI is InChI=1S/C17H10Cl2F3N3O/c1-25-16(22)14(21)15(24-25)17(26)23-13-7-9(20)3-4-10(13)8-2-5-11(18)12(19)6-8/h2-7H,1H3,(H,23,26). The SMILES string of the molecule is Cn1nc(C(=O)Nc2cc(F)ccc2-c2ccc(Cl)c(Cl)c2)c(F)c1F. The number of aryl methyl sites for hydroxylation is 1. The first-order valence-electron chi connectivity index (χ1n) is 7.22. The molecule has 3 rings (SSSR count). The summed E-state index contributed by atoms with van der Waals surface area (Å²) in [6.07, 6.45) is 0. The van der Waals surface area contributed by atoms with Crippen LogP contribution in [-0.2, 0) is 7.05 Å². The van der Waals surface area contributed by atoms with Gasteiger partial charge in [-0.15, -0.1) is 0 Å². The van der Waals surface area contributed by atoms with Crippen LogP contribution in [0.25, 0.3) is 11.1 Å². The van der Waals surface area contributed by atoms with Crippen molar-refractivity contribution in [2.75, 3.05) is 5.32 Å². The highest BCUT2D eigenvalue weighted by Gasteiger charge is 2.23. The summed E-state index contributed by atoms with van der Waals surface area (Å²) in [5.41, 5.74) is 0.255. The summed E-state index contributed by atoms with van der Waals surface area (Å²) in [6, 6.07) is 8.36. The van der Waals surface area contributed by atoms with E-state index in [0.29, 0.717) is 20.8 Å². The van der Waals surface area contributed by atoms with Crippen LogP contribution in [-0.4, -0.2) is 15.7 Å². The monoisotopic (exact) mass is 399 g/mol. The van der Waals surface area contributed by atoms with Crippen LogP contribution in [0, 0.1) is 17.6 Å². The van der Waals surface area contributed by atoms with E-state index < -0.39 is 29.2 Å². The Labute approximate surface area is 156 Å². The molecule has 1 amide bonds. The van der Waals surface area contributed by atoms with Crippen LogP contribution in [0.15, 0.2) is 36.4 Å². The normalized spacial score (nSPS) is 10.8. The van der Waals surface area contributed by atoms with Crippen LogP contribution >= 0.6 is 23.2 Å². The molecule has 26 heavy (non-hydrogen) atoms. The van der Waals surface area contributed by atoms with Gasteiger partial charge in [-0.05, 0) is 35.9 Å². The molecule has 0 bridgehead atoms. The van der Waals surface area contributed by atoms with Crippen LogP contribution in [0.1, 0.15) is 10.5 Å². The van der Waals surface area contributed by atoms with Crippen molar-refractivity contribution in [2.24, 2.45) is 7.05 Å². The number of anilines is 1. The molecule has 134 valence electrons. The second-order valence-electron chi connectivity index (χ2n) is 5.35. The topological polar surface area (TPSA) is 46.9 Å². The Kier molecular flexibility index (Phi) is 4.93. The van der Waals surface area contributed by atoms with Crippen molar-refractivity contribution in [3.8, 4) is 11.1 Å². The maximum atomic E-state index is 13.8. The van der Waals surface area contributed by atoms with Gasteiger partial charge in [-0.3, -0.25) is 4.79 Å². The molecular weight excluding hydrogens is 390 g/mol. The fourth-order valence-corrected chi connectivity index (χ4v) is 2.64. The van der Waals surface area contributed by atoms with Gasteiger partial charge in [0, 0.05) is 12.6 Å². The summed E-state index contributed by atoms with van der Waals surface area (Å²) in [7, 11) is 1.15. The Morgan fingerprint density at radius 1 is 1.08 bits per heavy atom. The van der Waals surface area contributed by atoms with Crippen LogP contribution in [0.2, 0.25) is 10.0 Å². The van der Waals surface area contributed by atoms with Gasteiger partial charge in [0.2, 0.25) is 11.8 Å². The highest BCUT2D eigenvalue weighted by Crippen LogP contribution is 2.33. The van der Waals surface area contributed by atoms with Gasteiger partial charge in [-0.25, -0.2) is 9.07 Å². The zero-order chi connectivity index (χ0) is 19.0. The van der Waals surface area contributed by atoms with Crippen molar-refractivity contribution >= 4 is 34.8 Å². The van der Waals surface area contributed by atoms with E-state index in [9.17, 15) is 18.0 Å². The maximum Gasteiger partial charge on any atom is 0.279 e. The van der Waals surface area contributed by atoms with Gasteiger partial charge in [-0.2, -0.15) is 13.9 Å². The fourth-order valence-electron chi connectivity index (χ4n) is 2.34. The van der Waals surface area contributed by atoms with E-state index in [2.05, 4.69) is 10.4 Å². The summed E-state index contributed by atoms with van der Waals surface area (Å²) in [5.74, 6) is -4.32. The zero-order valence-corrected chi connectivity index (χ0v) is 14.7. The molecular formula is C17H10Cl2F3N3O. The second-order valence-corrected chi connectivity index (χ2v) is 6.16. The van der Waals surface area contributed by atoms with E-state index >= 15 is 0 Å². The van der Waals surface area contributed by atoms with Gasteiger partial charge in [0.05, 0.1) is 15.7 Å². The second kappa shape index (κ2) is 7.01. The lowest BCUT2D eigenvalue weighted by Crippen LogP contribution is -2.15. The highest BCUT2D eigenvalue weighted by molar-refractivity contribution is 6.42. The smallest absolute Gasteiger partial charge is 0.279 e. The van der Waals surface area contributed by atoms with Crippen molar-refractivity contribution in [1.82, 2.24) is 9.78 Å². The molecule has 9 heteroatoms. The summed E-state index contributed by atoms with van der Waals surface area (Å²) >= 11 is 11.9. The van der Waals surface area contributed by atoms with Gasteiger partial charge in [0.25, 0.3) is 5.91 Å². The molecule has 0 unspecified atom stereocenters. The van der Waals surface area contributed by atoms with Gasteiger partial charge in [-0.1, -0.05) is 29.3 Å². The van der Waals surface area contributed by atoms with E-state index in [-0.39, 0.29) is 10.7 Å². The van der Waals surface area contributed by atoms with E-state index in [1.54, 1.807) is 12.1 Å². The zero-order valence-electron chi connectivity index (χ0n) is 13.2. The molecule has 1 N–H and O–H groups in total. The number of aromatic nitrogens is 2. The number of amides is 1. The lowest BCUT2D eigenvalue weighted by molar-refractivity contribution is 0.101. The first kappa shape index (κ1) is 18.3. The third-order valence-corrected chi connectivity index (χ3v) is 4.34. The Hall–Kier alpha value is -2.51. The third kappa shape index (κ3) is 3.40. The molecule has 0 aliphatic heterocycles. The highest BCUT2D eigenvalue weighted by atomic mass is 35.5. The Balaban J connectivity index is 2.02. The molecule has 3 aromatic rings. The maximum absolute atomic E-state index is 13.8. The lowest BCUT2D eigenvalue weighted by Gasteiger charge is -2.12. The molecule has 0 aliphatic rings. The number of rotatable bonds is 3. The Morgan fingerprint density at radius 2 is 1.81 bits per heavy atom. The number of halogens is 5. The van der Waals surface area contributed by atoms with Crippen LogP contribution in [0.3, 0.4) is 0 Å². The van der Waals surface area contributed by atoms with Gasteiger partial charge < -0.3 is 5.32 Å². The van der Waals surface area contributed by atoms with Crippen molar-refractivity contribution < 1.29 is 18.0 Å². The quantitative estimate of drug-likeness (QED) is 0.668. The molecule has 0 saturated carbocycles. The van der Waals surface area contributed by atoms with Crippen molar-refractivity contribution in [3.05, 3.63) is 69.7 Å². The van der Waals surface area contributed by atoms with Gasteiger partial charge >= 0.3 is 0 Å². The predicted octanol–water partition coefficient (Wildman–Crippen LogP) is 5.06. The first-order chi connectivity index (χ1) is 12.3. The third-order valence-electron chi connectivity index (χ3n) is 3.60. The number of benzene rings is 2. The molecule has 4 nitrogen and oxygen atoms in total. The van der Waals surface area contributed by atoms with E-state index in [1.165, 1.54) is 18.2 Å². The molecule has 0 saturated heterocycles. The molecule has 1 heterocycles. The first-order valence-corrected chi connectivity index (χ1v) is 7.98. The summed E-state index contributed by atoms with van der Waals surface area (Å²) < 4.78 is 41.4. The summed E-state index contributed by atoms with van der Waals surface area (Å²) in [4.78, 5) is 12.3. The number of hydrogen-bond acceptors (Lipinski definition) is 2. The van der Waals surface area contributed by atoms with Gasteiger partial charge in [0.1, 0.15) is 5.82 Å². The van der Waals surface area contributed by atoms with Gasteiger partial charge in [0.15, 0.2) is 5.69 Å². The number of carbonyl (C=O) groups excluding carboxylic acids is 1. The number of nitrogens with one attached hydrogen (secondary N) is 1. The lowest BCUT2D eigenvalue weighted by atomic mass is 10.0. The Morgan fingerprint density at radius 3 is 2.42 bits per heavy atom. The van der Waals surface area contributed by atoms with E-state index in [0.717, 1.165) is 13.1 Å². The van der Waals surface area contributed by atoms with E-state index in [1.807, 2.05) is 0 Å². The average molecular weight is 400 g/mol. The Bertz CT molecular complexity index is 1020. The number of hydrogen-bond donors (Lipinski definition) is 1. The number of carbonyl (C=O) groups is 1. The molecule has 2 aromatic carbocycles. The summed E-state index contributed by atoms with van der Waals surface area (Å²) in [5, 5.41) is 6.42. The van der Waals surface area contributed by atoms with Crippen molar-refractivity contribution in [2.45, 2.75) is 0 Å². The summed E-state index contributed by atoms with van der Waals surface area (Å²) in [6.45, 7) is 0. The molecule has 0 fully saturated rings. The van der Waals surface area contributed by atoms with Crippen LogP contribution in [0.5, 0.6) is 0 Å². The largest absolute Gasteiger partial charge is 0.320 e. The predicted molar refractivity (Wildman–Crippen MR) is 92.9 cm³/mol. The van der Waals surface area contributed by atoms with Crippen LogP contribution in [0.4, 0.5) is 18.9 Å². The van der Waals surface area contributed by atoms with E-state index in [4.69, 9.17) is 23.2 Å². The molecule has 0 spiro atoms. The number of nitrogens with zero attached hydrogens (tertiary/aromatic N) is 2. The molecule has 0 radical (unpaired) electrons. The average Bonchev–Trinajstić information content (AvgIpc) is 2.85. The molecule has 0 atom stereocenters.